The van der Waals surface area contributed by atoms with E-state index in [0.29, 0.717) is 0 Å². The van der Waals surface area contributed by atoms with E-state index in [1.807, 2.05) is 0 Å². The minimum absolute atomic E-state index is 0.293. The number of aliphatic hydroxyl groups is 1. The average Bonchev–Trinajstić information content (AvgIpc) is 2.29. The Kier molecular flexibility index (Phi) is 2.57. The number of aryl methyl sites for hydroxylation is 2. The monoisotopic (exact) mass is 191 g/mol. The van der Waals surface area contributed by atoms with Gasteiger partial charge >= 0.3 is 0 Å². The van der Waals surface area contributed by atoms with E-state index in [1.54, 1.807) is 0 Å². The summed E-state index contributed by atoms with van der Waals surface area (Å²) < 4.78 is 0. The van der Waals surface area contributed by atoms with Crippen LogP contribution in [0.1, 0.15) is 34.8 Å². The van der Waals surface area contributed by atoms with E-state index < -0.39 is 0 Å². The quantitative estimate of drug-likeness (QED) is 0.655. The van der Waals surface area contributed by atoms with Gasteiger partial charge in [-0.3, -0.25) is 0 Å². The van der Waals surface area contributed by atoms with Gasteiger partial charge in [-0.2, -0.15) is 0 Å². The molecule has 0 amide bonds. The van der Waals surface area contributed by atoms with E-state index >= 15 is 0 Å². The lowest BCUT2D eigenvalue weighted by atomic mass is 9.95. The van der Waals surface area contributed by atoms with Crippen LogP contribution in [0.5, 0.6) is 0 Å². The third-order valence-electron chi connectivity index (χ3n) is 2.91. The van der Waals surface area contributed by atoms with Crippen LogP contribution in [-0.4, -0.2) is 11.7 Å². The predicted octanol–water partition coefficient (Wildman–Crippen LogP) is 1.83. The summed E-state index contributed by atoms with van der Waals surface area (Å²) in [5.41, 5.74) is 4.92. The fraction of sp³-hybridized carbons (Fsp3) is 0.500. The summed E-state index contributed by atoms with van der Waals surface area (Å²) in [7, 11) is 0. The van der Waals surface area contributed by atoms with Gasteiger partial charge in [0.25, 0.3) is 0 Å². The van der Waals surface area contributed by atoms with Crippen molar-refractivity contribution in [2.24, 2.45) is 0 Å². The standard InChI is InChI=1S/C12H17NO/c1-8-5-9(2)11-7-13-4-3-12(14)10(11)6-8/h5-6,12-14H,3-4,7H2,1-2H3. The molecule has 2 N–H and O–H groups in total. The molecule has 0 bridgehead atoms. The van der Waals surface area contributed by atoms with Crippen molar-refractivity contribution in [3.8, 4) is 0 Å². The number of aliphatic hydroxyl groups excluding tert-OH is 1. The summed E-state index contributed by atoms with van der Waals surface area (Å²) in [5.74, 6) is 0. The molecule has 0 radical (unpaired) electrons. The zero-order valence-electron chi connectivity index (χ0n) is 8.80. The predicted molar refractivity (Wildman–Crippen MR) is 57.2 cm³/mol. The number of nitrogens with one attached hydrogen (secondary N) is 1. The fourth-order valence-corrected chi connectivity index (χ4v) is 2.18. The largest absolute Gasteiger partial charge is 0.388 e. The van der Waals surface area contributed by atoms with Crippen molar-refractivity contribution in [2.45, 2.75) is 32.9 Å². The van der Waals surface area contributed by atoms with Crippen molar-refractivity contribution >= 4 is 0 Å². The minimum atomic E-state index is -0.293. The van der Waals surface area contributed by atoms with Gasteiger partial charge in [0.05, 0.1) is 6.10 Å². The van der Waals surface area contributed by atoms with Crippen LogP contribution in [0.4, 0.5) is 0 Å². The Bertz CT molecular complexity index is 346. The van der Waals surface area contributed by atoms with Crippen LogP contribution in [0.25, 0.3) is 0 Å². The first-order chi connectivity index (χ1) is 6.68. The molecule has 1 unspecified atom stereocenters. The van der Waals surface area contributed by atoms with E-state index in [-0.39, 0.29) is 6.10 Å². The lowest BCUT2D eigenvalue weighted by Gasteiger charge is -2.14. The van der Waals surface area contributed by atoms with Crippen molar-refractivity contribution in [1.82, 2.24) is 5.32 Å². The Morgan fingerprint density at radius 1 is 1.36 bits per heavy atom. The second kappa shape index (κ2) is 3.71. The summed E-state index contributed by atoms with van der Waals surface area (Å²) in [6.45, 7) is 5.98. The zero-order chi connectivity index (χ0) is 10.1. The zero-order valence-corrected chi connectivity index (χ0v) is 8.80. The molecule has 0 fully saturated rings. The van der Waals surface area contributed by atoms with Gasteiger partial charge in [0.1, 0.15) is 0 Å². The number of hydrogen-bond acceptors (Lipinski definition) is 2. The molecule has 0 spiro atoms. The molecule has 14 heavy (non-hydrogen) atoms. The van der Waals surface area contributed by atoms with Crippen LogP contribution < -0.4 is 5.32 Å². The highest BCUT2D eigenvalue weighted by Crippen LogP contribution is 2.27. The second-order valence-electron chi connectivity index (χ2n) is 4.13. The smallest absolute Gasteiger partial charge is 0.0805 e. The van der Waals surface area contributed by atoms with Crippen LogP contribution in [-0.2, 0) is 6.54 Å². The van der Waals surface area contributed by atoms with E-state index in [0.717, 1.165) is 25.1 Å². The maximum atomic E-state index is 9.95. The van der Waals surface area contributed by atoms with Crippen molar-refractivity contribution in [2.75, 3.05) is 6.54 Å². The molecule has 0 saturated heterocycles. The molecule has 1 atom stereocenters. The molecule has 1 aromatic carbocycles. The van der Waals surface area contributed by atoms with Gasteiger partial charge in [-0.15, -0.1) is 0 Å². The lowest BCUT2D eigenvalue weighted by Crippen LogP contribution is -2.13. The Hall–Kier alpha value is -0.860. The number of rotatable bonds is 0. The fourth-order valence-electron chi connectivity index (χ4n) is 2.18. The first-order valence-corrected chi connectivity index (χ1v) is 5.17. The Balaban J connectivity index is 2.53. The third kappa shape index (κ3) is 1.68. The normalized spacial score (nSPS) is 21.5. The second-order valence-corrected chi connectivity index (χ2v) is 4.13. The molecule has 2 heteroatoms. The first-order valence-electron chi connectivity index (χ1n) is 5.17. The highest BCUT2D eigenvalue weighted by Gasteiger charge is 2.17. The lowest BCUT2D eigenvalue weighted by molar-refractivity contribution is 0.170. The van der Waals surface area contributed by atoms with Crippen molar-refractivity contribution in [3.63, 3.8) is 0 Å². The molecular formula is C12H17NO. The van der Waals surface area contributed by atoms with Crippen LogP contribution in [0, 0.1) is 13.8 Å². The third-order valence-corrected chi connectivity index (χ3v) is 2.91. The van der Waals surface area contributed by atoms with Gasteiger partial charge in [-0.1, -0.05) is 17.7 Å². The maximum Gasteiger partial charge on any atom is 0.0805 e. The van der Waals surface area contributed by atoms with Crippen LogP contribution in [0.2, 0.25) is 0 Å². The summed E-state index contributed by atoms with van der Waals surface area (Å²) in [6.07, 6.45) is 0.522. The molecule has 0 aromatic heterocycles. The molecule has 2 rings (SSSR count). The molecule has 76 valence electrons. The Morgan fingerprint density at radius 2 is 2.14 bits per heavy atom. The van der Waals surface area contributed by atoms with Crippen molar-refractivity contribution in [3.05, 3.63) is 34.4 Å². The molecule has 1 aliphatic rings. The summed E-state index contributed by atoms with van der Waals surface area (Å²) >= 11 is 0. The number of benzene rings is 1. The van der Waals surface area contributed by atoms with E-state index in [2.05, 4.69) is 31.3 Å². The minimum Gasteiger partial charge on any atom is -0.388 e. The van der Waals surface area contributed by atoms with Gasteiger partial charge in [-0.05, 0) is 43.5 Å². The van der Waals surface area contributed by atoms with Crippen molar-refractivity contribution < 1.29 is 5.11 Å². The van der Waals surface area contributed by atoms with Gasteiger partial charge in [0.2, 0.25) is 0 Å². The SMILES string of the molecule is Cc1cc(C)c2c(c1)C(O)CCNC2. The summed E-state index contributed by atoms with van der Waals surface area (Å²) in [4.78, 5) is 0. The molecule has 0 aliphatic carbocycles. The van der Waals surface area contributed by atoms with E-state index in [4.69, 9.17) is 0 Å². The van der Waals surface area contributed by atoms with Gasteiger partial charge < -0.3 is 10.4 Å². The Labute approximate surface area is 85.0 Å². The van der Waals surface area contributed by atoms with E-state index in [1.165, 1.54) is 16.7 Å². The van der Waals surface area contributed by atoms with Gasteiger partial charge in [0.15, 0.2) is 0 Å². The molecule has 2 nitrogen and oxygen atoms in total. The van der Waals surface area contributed by atoms with Crippen LogP contribution >= 0.6 is 0 Å². The van der Waals surface area contributed by atoms with Gasteiger partial charge in [0, 0.05) is 6.54 Å². The van der Waals surface area contributed by atoms with Crippen molar-refractivity contribution in [1.29, 1.82) is 0 Å². The van der Waals surface area contributed by atoms with E-state index in [9.17, 15) is 5.11 Å². The highest BCUT2D eigenvalue weighted by atomic mass is 16.3. The summed E-state index contributed by atoms with van der Waals surface area (Å²) in [5, 5.41) is 13.3. The molecule has 0 saturated carbocycles. The van der Waals surface area contributed by atoms with Crippen LogP contribution in [0.3, 0.4) is 0 Å². The van der Waals surface area contributed by atoms with Crippen LogP contribution in [0.15, 0.2) is 12.1 Å². The number of hydrogen-bond donors (Lipinski definition) is 2. The maximum absolute atomic E-state index is 9.95. The molecule has 1 aromatic rings. The first kappa shape index (κ1) is 9.69. The molecule has 1 aliphatic heterocycles. The highest BCUT2D eigenvalue weighted by molar-refractivity contribution is 5.40. The average molecular weight is 191 g/mol. The molecule has 1 heterocycles. The topological polar surface area (TPSA) is 32.3 Å². The number of fused-ring (bicyclic) bond motifs is 1. The Morgan fingerprint density at radius 3 is 2.93 bits per heavy atom. The molecular weight excluding hydrogens is 174 g/mol. The van der Waals surface area contributed by atoms with Gasteiger partial charge in [-0.25, -0.2) is 0 Å². The summed E-state index contributed by atoms with van der Waals surface area (Å²) in [6, 6.07) is 4.29.